The molecule has 1 amide bonds. The van der Waals surface area contributed by atoms with E-state index in [0.717, 1.165) is 28.7 Å². The van der Waals surface area contributed by atoms with Gasteiger partial charge in [0.1, 0.15) is 5.75 Å². The molecule has 0 aliphatic carbocycles. The van der Waals surface area contributed by atoms with Gasteiger partial charge in [0.25, 0.3) is 0 Å². The van der Waals surface area contributed by atoms with Crippen LogP contribution in [0.2, 0.25) is 0 Å². The Hall–Kier alpha value is -3.63. The molecule has 4 nitrogen and oxygen atoms in total. The second-order valence-corrected chi connectivity index (χ2v) is 7.16. The van der Waals surface area contributed by atoms with Crippen LogP contribution in [0.15, 0.2) is 84.9 Å². The number of amides is 1. The summed E-state index contributed by atoms with van der Waals surface area (Å²) in [6.07, 6.45) is 4.17. The number of phenols is 1. The predicted molar refractivity (Wildman–Crippen MR) is 128 cm³/mol. The van der Waals surface area contributed by atoms with Crippen molar-refractivity contribution in [1.29, 1.82) is 0 Å². The highest BCUT2D eigenvalue weighted by molar-refractivity contribution is 5.98. The zero-order chi connectivity index (χ0) is 22.1. The molecular formula is C27H28N2O2. The number of allylic oxidation sites excluding steroid dienone is 1. The van der Waals surface area contributed by atoms with Crippen molar-refractivity contribution in [1.82, 2.24) is 5.32 Å². The molecule has 0 aromatic heterocycles. The van der Waals surface area contributed by atoms with Crippen molar-refractivity contribution in [2.24, 2.45) is 5.73 Å². The lowest BCUT2D eigenvalue weighted by Crippen LogP contribution is -2.27. The topological polar surface area (TPSA) is 75.3 Å². The van der Waals surface area contributed by atoms with Gasteiger partial charge in [0.15, 0.2) is 0 Å². The van der Waals surface area contributed by atoms with E-state index in [1.807, 2.05) is 42.5 Å². The molecule has 31 heavy (non-hydrogen) atoms. The first kappa shape index (κ1) is 22.1. The largest absolute Gasteiger partial charge is 0.508 e. The molecule has 0 aliphatic rings. The third kappa shape index (κ3) is 5.93. The minimum Gasteiger partial charge on any atom is -0.508 e. The molecule has 3 rings (SSSR count). The molecule has 4 heteroatoms. The number of carbonyl (C=O) groups excluding carboxylic acids is 1. The number of hydrogen-bond acceptors (Lipinski definition) is 3. The van der Waals surface area contributed by atoms with Crippen molar-refractivity contribution in [3.05, 3.63) is 107 Å². The molecule has 4 N–H and O–H groups in total. The summed E-state index contributed by atoms with van der Waals surface area (Å²) in [6.45, 7) is 3.03. The van der Waals surface area contributed by atoms with Gasteiger partial charge in [-0.15, -0.1) is 0 Å². The molecule has 0 aliphatic heterocycles. The van der Waals surface area contributed by atoms with E-state index in [2.05, 4.69) is 36.5 Å². The highest BCUT2D eigenvalue weighted by atomic mass is 16.3. The summed E-state index contributed by atoms with van der Waals surface area (Å²) in [4.78, 5) is 11.8. The first-order valence-corrected chi connectivity index (χ1v) is 10.5. The van der Waals surface area contributed by atoms with Gasteiger partial charge in [-0.25, -0.2) is 0 Å². The van der Waals surface area contributed by atoms with Gasteiger partial charge < -0.3 is 16.2 Å². The quantitative estimate of drug-likeness (QED) is 0.366. The number of phenolic OH excluding ortho intramolecular Hbond substituents is 1. The van der Waals surface area contributed by atoms with Crippen molar-refractivity contribution < 1.29 is 9.90 Å². The predicted octanol–water partition coefficient (Wildman–Crippen LogP) is 4.85. The van der Waals surface area contributed by atoms with E-state index in [4.69, 9.17) is 5.73 Å². The van der Waals surface area contributed by atoms with Gasteiger partial charge in [0.05, 0.1) is 0 Å². The fourth-order valence-electron chi connectivity index (χ4n) is 3.49. The molecule has 0 saturated heterocycles. The Kier molecular flexibility index (Phi) is 7.79. The average molecular weight is 413 g/mol. The molecule has 0 spiro atoms. The molecular weight excluding hydrogens is 384 g/mol. The molecule has 3 aromatic carbocycles. The average Bonchev–Trinajstić information content (AvgIpc) is 2.81. The van der Waals surface area contributed by atoms with E-state index in [0.29, 0.717) is 13.1 Å². The second kappa shape index (κ2) is 11.0. The number of benzene rings is 3. The molecule has 0 bridgehead atoms. The van der Waals surface area contributed by atoms with Crippen LogP contribution in [0, 0.1) is 0 Å². The summed E-state index contributed by atoms with van der Waals surface area (Å²) in [6, 6.07) is 25.8. The normalized spacial score (nSPS) is 11.9. The van der Waals surface area contributed by atoms with Crippen molar-refractivity contribution in [3.8, 4) is 5.75 Å². The third-order valence-electron chi connectivity index (χ3n) is 5.00. The Bertz CT molecular complexity index is 1050. The Morgan fingerprint density at radius 2 is 1.52 bits per heavy atom. The molecule has 158 valence electrons. The van der Waals surface area contributed by atoms with E-state index in [1.54, 1.807) is 18.2 Å². The summed E-state index contributed by atoms with van der Waals surface area (Å²) < 4.78 is 0. The highest BCUT2D eigenvalue weighted by Gasteiger charge is 2.13. The van der Waals surface area contributed by atoms with Crippen LogP contribution in [-0.4, -0.2) is 24.1 Å². The number of aromatic hydroxyl groups is 1. The van der Waals surface area contributed by atoms with Crippen LogP contribution in [0.25, 0.3) is 17.2 Å². The second-order valence-electron chi connectivity index (χ2n) is 7.16. The van der Waals surface area contributed by atoms with Crippen LogP contribution in [0.3, 0.4) is 0 Å². The summed E-state index contributed by atoms with van der Waals surface area (Å²) in [5.74, 6) is 0.0887. The van der Waals surface area contributed by atoms with E-state index < -0.39 is 0 Å². The fourth-order valence-corrected chi connectivity index (χ4v) is 3.49. The molecule has 0 radical (unpaired) electrons. The van der Waals surface area contributed by atoms with Crippen LogP contribution in [0.1, 0.15) is 35.6 Å². The maximum absolute atomic E-state index is 11.8. The highest BCUT2D eigenvalue weighted by Crippen LogP contribution is 2.35. The van der Waals surface area contributed by atoms with Gasteiger partial charge in [-0.2, -0.15) is 0 Å². The summed E-state index contributed by atoms with van der Waals surface area (Å²) in [7, 11) is 0. The Labute approximate surface area is 183 Å². The summed E-state index contributed by atoms with van der Waals surface area (Å²) in [5.41, 5.74) is 12.0. The first-order chi connectivity index (χ1) is 15.1. The van der Waals surface area contributed by atoms with Gasteiger partial charge >= 0.3 is 0 Å². The van der Waals surface area contributed by atoms with Gasteiger partial charge in [0.2, 0.25) is 5.91 Å². The van der Waals surface area contributed by atoms with E-state index >= 15 is 0 Å². The molecule has 0 atom stereocenters. The minimum atomic E-state index is -0.156. The zero-order valence-corrected chi connectivity index (χ0v) is 17.7. The Balaban J connectivity index is 2.00. The van der Waals surface area contributed by atoms with Crippen molar-refractivity contribution in [2.75, 3.05) is 13.1 Å². The molecule has 0 unspecified atom stereocenters. The smallest absolute Gasteiger partial charge is 0.244 e. The number of nitrogens with two attached hydrogens (primary N) is 1. The van der Waals surface area contributed by atoms with Crippen LogP contribution >= 0.6 is 0 Å². The number of rotatable bonds is 8. The van der Waals surface area contributed by atoms with Gasteiger partial charge in [0, 0.05) is 19.2 Å². The standard InChI is InChI=1S/C27H28N2O2/c1-2-25(21-6-4-3-5-7-21)27(23-13-15-24(30)16-14-23)22-11-8-20(9-12-22)10-17-26(31)29-19-18-28/h3-17,30H,2,18-19,28H2,1H3,(H,29,31)/b17-10+,27-25?. The maximum Gasteiger partial charge on any atom is 0.244 e. The van der Waals surface area contributed by atoms with Gasteiger partial charge in [-0.05, 0) is 58.0 Å². The van der Waals surface area contributed by atoms with Crippen LogP contribution in [0.4, 0.5) is 0 Å². The molecule has 0 fully saturated rings. The van der Waals surface area contributed by atoms with Crippen LogP contribution < -0.4 is 11.1 Å². The zero-order valence-electron chi connectivity index (χ0n) is 17.7. The van der Waals surface area contributed by atoms with Crippen molar-refractivity contribution >= 4 is 23.1 Å². The Morgan fingerprint density at radius 3 is 2.10 bits per heavy atom. The number of hydrogen-bond donors (Lipinski definition) is 3. The lowest BCUT2D eigenvalue weighted by Gasteiger charge is -2.16. The molecule has 0 heterocycles. The lowest BCUT2D eigenvalue weighted by molar-refractivity contribution is -0.116. The molecule has 0 saturated carbocycles. The Morgan fingerprint density at radius 1 is 0.903 bits per heavy atom. The molecule has 3 aromatic rings. The number of nitrogens with one attached hydrogen (secondary N) is 1. The maximum atomic E-state index is 11.8. The third-order valence-corrected chi connectivity index (χ3v) is 5.00. The minimum absolute atomic E-state index is 0.156. The van der Waals surface area contributed by atoms with Crippen LogP contribution in [0.5, 0.6) is 5.75 Å². The number of carbonyl (C=O) groups is 1. The lowest BCUT2D eigenvalue weighted by atomic mass is 9.88. The van der Waals surface area contributed by atoms with Gasteiger partial charge in [-0.1, -0.05) is 73.7 Å². The van der Waals surface area contributed by atoms with E-state index in [9.17, 15) is 9.90 Å². The SMILES string of the molecule is CCC(=C(c1ccc(O)cc1)c1ccc(/C=C/C(=O)NCCN)cc1)c1ccccc1. The fraction of sp³-hybridized carbons (Fsp3) is 0.148. The van der Waals surface area contributed by atoms with Crippen molar-refractivity contribution in [3.63, 3.8) is 0 Å². The first-order valence-electron chi connectivity index (χ1n) is 10.5. The van der Waals surface area contributed by atoms with E-state index in [-0.39, 0.29) is 11.7 Å². The van der Waals surface area contributed by atoms with Crippen molar-refractivity contribution in [2.45, 2.75) is 13.3 Å². The van der Waals surface area contributed by atoms with Gasteiger partial charge in [-0.3, -0.25) is 4.79 Å². The summed E-state index contributed by atoms with van der Waals surface area (Å²) >= 11 is 0. The summed E-state index contributed by atoms with van der Waals surface area (Å²) in [5, 5.41) is 12.5. The monoisotopic (exact) mass is 412 g/mol. The van der Waals surface area contributed by atoms with Crippen LogP contribution in [-0.2, 0) is 4.79 Å². The van der Waals surface area contributed by atoms with E-state index in [1.165, 1.54) is 17.2 Å².